The van der Waals surface area contributed by atoms with Gasteiger partial charge >= 0.3 is 5.97 Å². The fraction of sp³-hybridized carbons (Fsp3) is 0.533. The molecule has 0 spiro atoms. The summed E-state index contributed by atoms with van der Waals surface area (Å²) in [5.74, 6) is 1.15. The summed E-state index contributed by atoms with van der Waals surface area (Å²) in [6, 6.07) is 6.05. The molecule has 1 aromatic rings. The summed E-state index contributed by atoms with van der Waals surface area (Å²) < 4.78 is 10.8. The molecule has 0 radical (unpaired) electrons. The maximum absolute atomic E-state index is 11.3. The van der Waals surface area contributed by atoms with Crippen molar-refractivity contribution in [2.75, 3.05) is 7.11 Å². The zero-order chi connectivity index (χ0) is 13.3. The predicted molar refractivity (Wildman–Crippen MR) is 69.8 cm³/mol. The van der Waals surface area contributed by atoms with Crippen LogP contribution in [0, 0.1) is 0 Å². The van der Waals surface area contributed by atoms with Crippen LogP contribution in [0.2, 0.25) is 0 Å². The summed E-state index contributed by atoms with van der Waals surface area (Å²) in [6.07, 6.45) is 1.25. The van der Waals surface area contributed by atoms with Gasteiger partial charge in [-0.1, -0.05) is 19.9 Å². The number of hydrogen-bond donors (Lipinski definition) is 0. The van der Waals surface area contributed by atoms with E-state index in [2.05, 4.69) is 19.9 Å². The van der Waals surface area contributed by atoms with Crippen LogP contribution >= 0.6 is 0 Å². The van der Waals surface area contributed by atoms with E-state index in [1.54, 1.807) is 7.11 Å². The molecule has 0 amide bonds. The summed E-state index contributed by atoms with van der Waals surface area (Å²) in [5, 5.41) is 0. The van der Waals surface area contributed by atoms with Crippen molar-refractivity contribution in [2.24, 2.45) is 0 Å². The number of rotatable bonds is 3. The quantitative estimate of drug-likeness (QED) is 0.769. The number of cyclic esters (lactones) is 1. The summed E-state index contributed by atoms with van der Waals surface area (Å²) >= 11 is 0. The van der Waals surface area contributed by atoms with Gasteiger partial charge in [0.1, 0.15) is 11.4 Å². The molecule has 98 valence electrons. The molecule has 1 atom stereocenters. The van der Waals surface area contributed by atoms with E-state index in [-0.39, 0.29) is 5.97 Å². The topological polar surface area (TPSA) is 35.5 Å². The van der Waals surface area contributed by atoms with Crippen LogP contribution in [0.3, 0.4) is 0 Å². The van der Waals surface area contributed by atoms with Gasteiger partial charge in [0.2, 0.25) is 0 Å². The Labute approximate surface area is 108 Å². The average molecular weight is 248 g/mol. The van der Waals surface area contributed by atoms with Crippen LogP contribution in [-0.4, -0.2) is 13.1 Å². The fourth-order valence-corrected chi connectivity index (χ4v) is 2.41. The number of esters is 1. The van der Waals surface area contributed by atoms with Crippen molar-refractivity contribution in [1.82, 2.24) is 0 Å². The van der Waals surface area contributed by atoms with Crippen LogP contribution in [0.1, 0.15) is 50.7 Å². The van der Waals surface area contributed by atoms with Crippen LogP contribution in [0.25, 0.3) is 0 Å². The van der Waals surface area contributed by atoms with E-state index in [4.69, 9.17) is 9.47 Å². The van der Waals surface area contributed by atoms with Crippen molar-refractivity contribution < 1.29 is 14.3 Å². The highest BCUT2D eigenvalue weighted by Gasteiger charge is 2.37. The van der Waals surface area contributed by atoms with E-state index in [9.17, 15) is 4.79 Å². The molecule has 0 N–H and O–H groups in total. The minimum atomic E-state index is -0.479. The Hall–Kier alpha value is -1.51. The van der Waals surface area contributed by atoms with E-state index >= 15 is 0 Å². The Bertz CT molecular complexity index is 465. The predicted octanol–water partition coefficient (Wildman–Crippen LogP) is 3.37. The van der Waals surface area contributed by atoms with Crippen molar-refractivity contribution >= 4 is 5.97 Å². The van der Waals surface area contributed by atoms with Gasteiger partial charge in [-0.25, -0.2) is 0 Å². The number of carbonyl (C=O) groups excluding carboxylic acids is 1. The molecule has 3 nitrogen and oxygen atoms in total. The van der Waals surface area contributed by atoms with Crippen molar-refractivity contribution in [3.63, 3.8) is 0 Å². The van der Waals surface area contributed by atoms with E-state index in [0.29, 0.717) is 12.3 Å². The Morgan fingerprint density at radius 2 is 2.11 bits per heavy atom. The third kappa shape index (κ3) is 2.22. The Balaban J connectivity index is 2.41. The normalized spacial score (nSPS) is 23.3. The number of benzene rings is 1. The molecule has 0 bridgehead atoms. The second kappa shape index (κ2) is 4.63. The summed E-state index contributed by atoms with van der Waals surface area (Å²) in [4.78, 5) is 11.3. The Morgan fingerprint density at radius 3 is 2.61 bits per heavy atom. The van der Waals surface area contributed by atoms with Gasteiger partial charge in [-0.2, -0.15) is 0 Å². The van der Waals surface area contributed by atoms with Crippen molar-refractivity contribution in [1.29, 1.82) is 0 Å². The van der Waals surface area contributed by atoms with Gasteiger partial charge in [-0.3, -0.25) is 4.79 Å². The molecule has 0 saturated carbocycles. The molecule has 0 aromatic heterocycles. The standard InChI is InChI=1S/C15H20O3/c1-10(2)12-9-11(5-6-13(12)17-4)15(3)8-7-14(16)18-15/h5-6,9-10H,7-8H2,1-4H3. The second-order valence-electron chi connectivity index (χ2n) is 5.32. The zero-order valence-electron chi connectivity index (χ0n) is 11.4. The number of carbonyl (C=O) groups is 1. The van der Waals surface area contributed by atoms with Gasteiger partial charge in [0.25, 0.3) is 0 Å². The molecule has 18 heavy (non-hydrogen) atoms. The Morgan fingerprint density at radius 1 is 1.39 bits per heavy atom. The summed E-state index contributed by atoms with van der Waals surface area (Å²) in [6.45, 7) is 6.24. The third-order valence-corrected chi connectivity index (χ3v) is 3.61. The van der Waals surface area contributed by atoms with Gasteiger partial charge in [0.05, 0.1) is 7.11 Å². The summed E-state index contributed by atoms with van der Waals surface area (Å²) in [5.41, 5.74) is 1.73. The first-order valence-corrected chi connectivity index (χ1v) is 6.36. The average Bonchev–Trinajstić information content (AvgIpc) is 2.69. The molecule has 2 rings (SSSR count). The monoisotopic (exact) mass is 248 g/mol. The molecule has 1 unspecified atom stereocenters. The van der Waals surface area contributed by atoms with E-state index in [0.717, 1.165) is 23.3 Å². The van der Waals surface area contributed by atoms with Gasteiger partial charge < -0.3 is 9.47 Å². The minimum absolute atomic E-state index is 0.112. The number of hydrogen-bond acceptors (Lipinski definition) is 3. The first-order valence-electron chi connectivity index (χ1n) is 6.36. The van der Waals surface area contributed by atoms with Crippen LogP contribution in [0.5, 0.6) is 5.75 Å². The first kappa shape index (κ1) is 12.9. The maximum atomic E-state index is 11.3. The molecule has 1 fully saturated rings. The third-order valence-electron chi connectivity index (χ3n) is 3.61. The molecule has 1 heterocycles. The van der Waals surface area contributed by atoms with Gasteiger partial charge in [-0.05, 0) is 36.1 Å². The molecule has 1 aromatic carbocycles. The lowest BCUT2D eigenvalue weighted by molar-refractivity contribution is -0.147. The molecule has 1 saturated heterocycles. The molecular weight excluding hydrogens is 228 g/mol. The van der Waals surface area contributed by atoms with Crippen LogP contribution < -0.4 is 4.74 Å². The lowest BCUT2D eigenvalue weighted by Gasteiger charge is -2.25. The van der Waals surface area contributed by atoms with E-state index in [1.165, 1.54) is 0 Å². The highest BCUT2D eigenvalue weighted by Crippen LogP contribution is 2.39. The van der Waals surface area contributed by atoms with E-state index < -0.39 is 5.60 Å². The van der Waals surface area contributed by atoms with Crippen molar-refractivity contribution in [3.8, 4) is 5.75 Å². The molecule has 0 aliphatic carbocycles. The van der Waals surface area contributed by atoms with Gasteiger partial charge in [0.15, 0.2) is 0 Å². The highest BCUT2D eigenvalue weighted by atomic mass is 16.6. The summed E-state index contributed by atoms with van der Waals surface area (Å²) in [7, 11) is 1.68. The lowest BCUT2D eigenvalue weighted by Crippen LogP contribution is -2.21. The van der Waals surface area contributed by atoms with Crippen LogP contribution in [0.15, 0.2) is 18.2 Å². The smallest absolute Gasteiger partial charge is 0.306 e. The van der Waals surface area contributed by atoms with Crippen LogP contribution in [-0.2, 0) is 15.1 Å². The molecule has 1 aliphatic rings. The second-order valence-corrected chi connectivity index (χ2v) is 5.32. The van der Waals surface area contributed by atoms with Crippen molar-refractivity contribution in [3.05, 3.63) is 29.3 Å². The lowest BCUT2D eigenvalue weighted by atomic mass is 9.89. The fourth-order valence-electron chi connectivity index (χ4n) is 2.41. The SMILES string of the molecule is COc1ccc(C2(C)CCC(=O)O2)cc1C(C)C. The number of methoxy groups -OCH3 is 1. The highest BCUT2D eigenvalue weighted by molar-refractivity contribution is 5.72. The van der Waals surface area contributed by atoms with Crippen LogP contribution in [0.4, 0.5) is 0 Å². The molecule has 3 heteroatoms. The zero-order valence-corrected chi connectivity index (χ0v) is 11.4. The minimum Gasteiger partial charge on any atom is -0.496 e. The maximum Gasteiger partial charge on any atom is 0.306 e. The first-order chi connectivity index (χ1) is 8.46. The molecule has 1 aliphatic heterocycles. The Kier molecular flexibility index (Phi) is 3.33. The largest absolute Gasteiger partial charge is 0.496 e. The van der Waals surface area contributed by atoms with E-state index in [1.807, 2.05) is 19.1 Å². The van der Waals surface area contributed by atoms with Gasteiger partial charge in [0, 0.05) is 12.8 Å². The number of ether oxygens (including phenoxy) is 2. The van der Waals surface area contributed by atoms with Crippen molar-refractivity contribution in [2.45, 2.75) is 45.1 Å². The van der Waals surface area contributed by atoms with Gasteiger partial charge in [-0.15, -0.1) is 0 Å². The molecular formula is C15H20O3.